The minimum atomic E-state index is -4.62. The first-order valence-corrected chi connectivity index (χ1v) is 6.49. The van der Waals surface area contributed by atoms with Crippen molar-refractivity contribution in [3.63, 3.8) is 0 Å². The molecule has 0 radical (unpaired) electrons. The van der Waals surface area contributed by atoms with E-state index in [0.29, 0.717) is 12.6 Å². The smallest absolute Gasteiger partial charge is 0.452 e. The van der Waals surface area contributed by atoms with Gasteiger partial charge in [0.05, 0.1) is 0 Å². The Labute approximate surface area is 123 Å². The lowest BCUT2D eigenvalue weighted by atomic mass is 10.2. The van der Waals surface area contributed by atoms with E-state index in [0.717, 1.165) is 0 Å². The number of nitrogens with zero attached hydrogens (tertiary/aromatic N) is 3. The van der Waals surface area contributed by atoms with Crippen molar-refractivity contribution in [2.75, 3.05) is 0 Å². The molecule has 0 bridgehead atoms. The number of rotatable bonds is 5. The SMILES string of the molecule is CC(C)Cn1nccc1C(=O)OCc1cc(C(F)(F)F)on1. The number of carbonyl (C=O) groups excluding carboxylic acids is 1. The molecule has 0 saturated carbocycles. The Kier molecular flexibility index (Phi) is 4.53. The summed E-state index contributed by atoms with van der Waals surface area (Å²) in [7, 11) is 0. The first-order valence-electron chi connectivity index (χ1n) is 6.49. The van der Waals surface area contributed by atoms with Crippen molar-refractivity contribution in [2.45, 2.75) is 33.2 Å². The summed E-state index contributed by atoms with van der Waals surface area (Å²) in [5, 5.41) is 7.21. The van der Waals surface area contributed by atoms with Gasteiger partial charge in [0.25, 0.3) is 0 Å². The fourth-order valence-electron chi connectivity index (χ4n) is 1.72. The Hall–Kier alpha value is -2.32. The third-order valence-corrected chi connectivity index (χ3v) is 2.65. The fraction of sp³-hybridized carbons (Fsp3) is 0.462. The molecule has 2 rings (SSSR count). The van der Waals surface area contributed by atoms with Gasteiger partial charge in [-0.3, -0.25) is 4.68 Å². The molecule has 6 nitrogen and oxygen atoms in total. The van der Waals surface area contributed by atoms with Crippen molar-refractivity contribution in [3.8, 4) is 0 Å². The monoisotopic (exact) mass is 317 g/mol. The normalized spacial score (nSPS) is 11.9. The predicted molar refractivity (Wildman–Crippen MR) is 67.7 cm³/mol. The summed E-state index contributed by atoms with van der Waals surface area (Å²) in [4.78, 5) is 11.9. The van der Waals surface area contributed by atoms with Gasteiger partial charge in [0.1, 0.15) is 18.0 Å². The van der Waals surface area contributed by atoms with Gasteiger partial charge in [-0.05, 0) is 12.0 Å². The third kappa shape index (κ3) is 3.86. The Morgan fingerprint density at radius 2 is 2.18 bits per heavy atom. The van der Waals surface area contributed by atoms with E-state index in [9.17, 15) is 18.0 Å². The molecule has 2 aromatic rings. The maximum atomic E-state index is 12.3. The second-order valence-electron chi connectivity index (χ2n) is 5.05. The molecular weight excluding hydrogens is 303 g/mol. The quantitative estimate of drug-likeness (QED) is 0.793. The molecule has 0 amide bonds. The molecule has 120 valence electrons. The second-order valence-corrected chi connectivity index (χ2v) is 5.05. The minimum absolute atomic E-state index is 0.115. The Morgan fingerprint density at radius 3 is 2.77 bits per heavy atom. The molecule has 0 aliphatic carbocycles. The highest BCUT2D eigenvalue weighted by molar-refractivity contribution is 5.87. The summed E-state index contributed by atoms with van der Waals surface area (Å²) in [5.41, 5.74) is 0.115. The van der Waals surface area contributed by atoms with Gasteiger partial charge in [0.2, 0.25) is 5.76 Å². The van der Waals surface area contributed by atoms with E-state index in [2.05, 4.69) is 14.8 Å². The second kappa shape index (κ2) is 6.20. The van der Waals surface area contributed by atoms with Crippen LogP contribution in [0, 0.1) is 5.92 Å². The average molecular weight is 317 g/mol. The number of alkyl halides is 3. The first kappa shape index (κ1) is 16.1. The number of hydrogen-bond donors (Lipinski definition) is 0. The van der Waals surface area contributed by atoms with Crippen molar-refractivity contribution < 1.29 is 27.2 Å². The summed E-state index contributed by atoms with van der Waals surface area (Å²) in [6.07, 6.45) is -3.16. The van der Waals surface area contributed by atoms with Crippen LogP contribution in [0.2, 0.25) is 0 Å². The van der Waals surface area contributed by atoms with E-state index in [4.69, 9.17) is 4.74 Å². The van der Waals surface area contributed by atoms with Gasteiger partial charge < -0.3 is 9.26 Å². The molecular formula is C13H14F3N3O3. The van der Waals surface area contributed by atoms with Crippen LogP contribution in [-0.2, 0) is 24.1 Å². The maximum absolute atomic E-state index is 12.3. The third-order valence-electron chi connectivity index (χ3n) is 2.65. The van der Waals surface area contributed by atoms with Crippen LogP contribution in [0.3, 0.4) is 0 Å². The zero-order chi connectivity index (χ0) is 16.3. The lowest BCUT2D eigenvalue weighted by Gasteiger charge is -2.09. The minimum Gasteiger partial charge on any atom is -0.454 e. The van der Waals surface area contributed by atoms with Crippen LogP contribution in [-0.4, -0.2) is 20.9 Å². The standard InChI is InChI=1S/C13H14F3N3O3/c1-8(2)6-19-10(3-4-17-19)12(20)21-7-9-5-11(22-18-9)13(14,15)16/h3-5,8H,6-7H2,1-2H3. The van der Waals surface area contributed by atoms with Crippen molar-refractivity contribution in [3.05, 3.63) is 35.5 Å². The average Bonchev–Trinajstić information content (AvgIpc) is 3.03. The fourth-order valence-corrected chi connectivity index (χ4v) is 1.72. The highest BCUT2D eigenvalue weighted by Gasteiger charge is 2.36. The van der Waals surface area contributed by atoms with Gasteiger partial charge >= 0.3 is 12.1 Å². The van der Waals surface area contributed by atoms with Crippen LogP contribution >= 0.6 is 0 Å². The molecule has 22 heavy (non-hydrogen) atoms. The Morgan fingerprint density at radius 1 is 1.45 bits per heavy atom. The molecule has 0 aliphatic heterocycles. The van der Waals surface area contributed by atoms with Crippen LogP contribution < -0.4 is 0 Å². The van der Waals surface area contributed by atoms with Crippen LogP contribution in [0.15, 0.2) is 22.9 Å². The lowest BCUT2D eigenvalue weighted by molar-refractivity contribution is -0.155. The topological polar surface area (TPSA) is 70.2 Å². The molecule has 0 unspecified atom stereocenters. The predicted octanol–water partition coefficient (Wildman–Crippen LogP) is 2.90. The van der Waals surface area contributed by atoms with Gasteiger partial charge in [0.15, 0.2) is 0 Å². The number of ether oxygens (including phenoxy) is 1. The van der Waals surface area contributed by atoms with Crippen LogP contribution in [0.1, 0.15) is 35.8 Å². The molecule has 0 saturated heterocycles. The molecule has 0 aromatic carbocycles. The number of aromatic nitrogens is 3. The Balaban J connectivity index is 1.98. The number of carbonyl (C=O) groups is 1. The van der Waals surface area contributed by atoms with Gasteiger partial charge in [-0.2, -0.15) is 18.3 Å². The summed E-state index contributed by atoms with van der Waals surface area (Å²) < 4.78 is 47.6. The van der Waals surface area contributed by atoms with E-state index in [-0.39, 0.29) is 17.3 Å². The maximum Gasteiger partial charge on any atom is 0.452 e. The van der Waals surface area contributed by atoms with Gasteiger partial charge in [-0.1, -0.05) is 19.0 Å². The summed E-state index contributed by atoms with van der Waals surface area (Å²) >= 11 is 0. The largest absolute Gasteiger partial charge is 0.454 e. The zero-order valence-corrected chi connectivity index (χ0v) is 11.9. The Bertz CT molecular complexity index is 646. The molecule has 2 heterocycles. The van der Waals surface area contributed by atoms with E-state index >= 15 is 0 Å². The van der Waals surface area contributed by atoms with Crippen LogP contribution in [0.5, 0.6) is 0 Å². The van der Waals surface area contributed by atoms with E-state index < -0.39 is 24.5 Å². The summed E-state index contributed by atoms with van der Waals surface area (Å²) in [5.74, 6) is -1.64. The molecule has 0 N–H and O–H groups in total. The molecule has 2 aromatic heterocycles. The van der Waals surface area contributed by atoms with Crippen LogP contribution in [0.25, 0.3) is 0 Å². The van der Waals surface area contributed by atoms with E-state index in [1.54, 1.807) is 0 Å². The zero-order valence-electron chi connectivity index (χ0n) is 11.9. The van der Waals surface area contributed by atoms with Crippen molar-refractivity contribution in [1.29, 1.82) is 0 Å². The molecule has 0 atom stereocenters. The van der Waals surface area contributed by atoms with Crippen molar-refractivity contribution in [1.82, 2.24) is 14.9 Å². The van der Waals surface area contributed by atoms with E-state index in [1.165, 1.54) is 16.9 Å². The number of halogens is 3. The number of hydrogen-bond acceptors (Lipinski definition) is 5. The van der Waals surface area contributed by atoms with Gasteiger partial charge in [0, 0.05) is 18.8 Å². The van der Waals surface area contributed by atoms with Crippen molar-refractivity contribution in [2.24, 2.45) is 5.92 Å². The highest BCUT2D eigenvalue weighted by Crippen LogP contribution is 2.29. The molecule has 0 aliphatic rings. The van der Waals surface area contributed by atoms with Crippen molar-refractivity contribution >= 4 is 5.97 Å². The molecule has 0 fully saturated rings. The van der Waals surface area contributed by atoms with Crippen LogP contribution in [0.4, 0.5) is 13.2 Å². The lowest BCUT2D eigenvalue weighted by Crippen LogP contribution is -2.15. The van der Waals surface area contributed by atoms with Gasteiger partial charge in [-0.15, -0.1) is 0 Å². The summed E-state index contributed by atoms with van der Waals surface area (Å²) in [6.45, 7) is 4.04. The summed E-state index contributed by atoms with van der Waals surface area (Å²) in [6, 6.07) is 2.17. The van der Waals surface area contributed by atoms with Gasteiger partial charge in [-0.25, -0.2) is 4.79 Å². The molecule has 9 heteroatoms. The number of esters is 1. The molecule has 0 spiro atoms. The first-order chi connectivity index (χ1) is 10.3. The van der Waals surface area contributed by atoms with E-state index in [1.807, 2.05) is 13.8 Å². The highest BCUT2D eigenvalue weighted by atomic mass is 19.4.